The summed E-state index contributed by atoms with van der Waals surface area (Å²) >= 11 is 0. The summed E-state index contributed by atoms with van der Waals surface area (Å²) in [5, 5.41) is 8.30. The summed E-state index contributed by atoms with van der Waals surface area (Å²) in [7, 11) is 0. The normalized spacial score (nSPS) is 10.2. The first-order chi connectivity index (χ1) is 7.34. The maximum Gasteiger partial charge on any atom is 0.329 e. The highest BCUT2D eigenvalue weighted by Crippen LogP contribution is 1.98. The molecule has 7 heteroatoms. The topological polar surface area (TPSA) is 110 Å². The first-order valence-electron chi connectivity index (χ1n) is 4.72. The fraction of sp³-hybridized carbons (Fsp3) is 0.667. The van der Waals surface area contributed by atoms with Crippen molar-refractivity contribution >= 4 is 17.8 Å². The van der Waals surface area contributed by atoms with Gasteiger partial charge < -0.3 is 20.5 Å². The van der Waals surface area contributed by atoms with Crippen LogP contribution in [0.15, 0.2) is 0 Å². The molecule has 0 saturated carbocycles. The molecule has 0 radical (unpaired) electrons. The van der Waals surface area contributed by atoms with Crippen molar-refractivity contribution in [3.63, 3.8) is 0 Å². The summed E-state index contributed by atoms with van der Waals surface area (Å²) in [6, 6.07) is -0.201. The van der Waals surface area contributed by atoms with Crippen LogP contribution in [0.25, 0.3) is 0 Å². The molecule has 0 aliphatic carbocycles. The van der Waals surface area contributed by atoms with Crippen LogP contribution in [0.2, 0.25) is 0 Å². The van der Waals surface area contributed by atoms with Crippen molar-refractivity contribution in [3.05, 3.63) is 0 Å². The van der Waals surface area contributed by atoms with E-state index in [-0.39, 0.29) is 19.2 Å². The van der Waals surface area contributed by atoms with Gasteiger partial charge in [-0.05, 0) is 13.8 Å². The van der Waals surface area contributed by atoms with E-state index < -0.39 is 24.4 Å². The van der Waals surface area contributed by atoms with Crippen LogP contribution < -0.4 is 5.73 Å². The van der Waals surface area contributed by atoms with Gasteiger partial charge in [0.1, 0.15) is 13.2 Å². The number of carbonyl (C=O) groups excluding carboxylic acids is 2. The number of carboxylic acids is 1. The maximum atomic E-state index is 11.5. The molecule has 3 N–H and O–H groups in total. The Morgan fingerprint density at radius 1 is 1.31 bits per heavy atom. The summed E-state index contributed by atoms with van der Waals surface area (Å²) < 4.78 is 4.63. The van der Waals surface area contributed by atoms with E-state index >= 15 is 0 Å². The highest BCUT2D eigenvalue weighted by atomic mass is 16.5. The van der Waals surface area contributed by atoms with Gasteiger partial charge in [0, 0.05) is 6.04 Å². The van der Waals surface area contributed by atoms with Crippen LogP contribution in [0, 0.1) is 0 Å². The van der Waals surface area contributed by atoms with E-state index in [1.807, 2.05) is 0 Å². The Morgan fingerprint density at radius 2 is 1.88 bits per heavy atom. The Morgan fingerprint density at radius 3 is 2.25 bits per heavy atom. The summed E-state index contributed by atoms with van der Waals surface area (Å²) in [5.74, 6) is -2.24. The van der Waals surface area contributed by atoms with Gasteiger partial charge in [-0.3, -0.25) is 9.59 Å². The molecule has 0 atom stereocenters. The molecule has 92 valence electrons. The predicted molar refractivity (Wildman–Crippen MR) is 54.5 cm³/mol. The van der Waals surface area contributed by atoms with E-state index in [2.05, 4.69) is 4.74 Å². The summed E-state index contributed by atoms with van der Waals surface area (Å²) in [6.07, 6.45) is 0. The van der Waals surface area contributed by atoms with Crippen LogP contribution in [-0.2, 0) is 19.1 Å². The highest BCUT2D eigenvalue weighted by molar-refractivity contribution is 5.84. The van der Waals surface area contributed by atoms with Gasteiger partial charge in [0.2, 0.25) is 11.8 Å². The van der Waals surface area contributed by atoms with Crippen molar-refractivity contribution in [3.8, 4) is 0 Å². The molecule has 0 aromatic carbocycles. The SMILES string of the molecule is CC(C)N(CC(N)=O)C(=O)COCC(=O)O. The Labute approximate surface area is 93.2 Å². The molecule has 0 aliphatic heterocycles. The average molecular weight is 232 g/mol. The molecule has 0 spiro atoms. The quantitative estimate of drug-likeness (QED) is 0.573. The van der Waals surface area contributed by atoms with Gasteiger partial charge in [0.05, 0.1) is 6.54 Å². The van der Waals surface area contributed by atoms with Crippen LogP contribution in [0.5, 0.6) is 0 Å². The Bertz CT molecular complexity index is 277. The van der Waals surface area contributed by atoms with Crippen molar-refractivity contribution in [2.24, 2.45) is 5.73 Å². The number of nitrogens with zero attached hydrogens (tertiary/aromatic N) is 1. The zero-order valence-electron chi connectivity index (χ0n) is 9.30. The number of carbonyl (C=O) groups is 3. The van der Waals surface area contributed by atoms with Crippen LogP contribution in [-0.4, -0.2) is 53.6 Å². The number of carboxylic acid groups (broad SMARTS) is 1. The number of aliphatic carboxylic acids is 1. The number of nitrogens with two attached hydrogens (primary N) is 1. The van der Waals surface area contributed by atoms with Gasteiger partial charge in [-0.1, -0.05) is 0 Å². The molecule has 0 unspecified atom stereocenters. The van der Waals surface area contributed by atoms with E-state index in [4.69, 9.17) is 10.8 Å². The number of hydrogen-bond acceptors (Lipinski definition) is 4. The molecule has 2 amide bonds. The lowest BCUT2D eigenvalue weighted by atomic mass is 10.3. The zero-order chi connectivity index (χ0) is 12.7. The van der Waals surface area contributed by atoms with Gasteiger partial charge >= 0.3 is 5.97 Å². The van der Waals surface area contributed by atoms with Crippen molar-refractivity contribution in [1.82, 2.24) is 4.90 Å². The third kappa shape index (κ3) is 5.97. The van der Waals surface area contributed by atoms with E-state index in [0.717, 1.165) is 0 Å². The summed E-state index contributed by atoms with van der Waals surface area (Å²) in [6.45, 7) is 2.31. The number of amides is 2. The Balaban J connectivity index is 4.17. The van der Waals surface area contributed by atoms with Crippen molar-refractivity contribution < 1.29 is 24.2 Å². The molecule has 0 heterocycles. The fourth-order valence-electron chi connectivity index (χ4n) is 1.04. The number of primary amides is 1. The van der Waals surface area contributed by atoms with Crippen LogP contribution in [0.3, 0.4) is 0 Å². The lowest BCUT2D eigenvalue weighted by Crippen LogP contribution is -2.44. The van der Waals surface area contributed by atoms with Crippen LogP contribution >= 0.6 is 0 Å². The third-order valence-electron chi connectivity index (χ3n) is 1.72. The summed E-state index contributed by atoms with van der Waals surface area (Å²) in [5.41, 5.74) is 4.98. The second kappa shape index (κ2) is 6.78. The average Bonchev–Trinajstić information content (AvgIpc) is 2.12. The van der Waals surface area contributed by atoms with Crippen molar-refractivity contribution in [2.75, 3.05) is 19.8 Å². The summed E-state index contributed by atoms with van der Waals surface area (Å²) in [4.78, 5) is 33.6. The zero-order valence-corrected chi connectivity index (χ0v) is 9.30. The Kier molecular flexibility index (Phi) is 6.09. The highest BCUT2D eigenvalue weighted by Gasteiger charge is 2.19. The standard InChI is InChI=1S/C9H16N2O5/c1-6(2)11(3-7(10)12)8(13)4-16-5-9(14)15/h6H,3-5H2,1-2H3,(H2,10,12)(H,14,15). The molecule has 0 aliphatic rings. The molecule has 7 nitrogen and oxygen atoms in total. The molecule has 0 fully saturated rings. The van der Waals surface area contributed by atoms with Crippen molar-refractivity contribution in [1.29, 1.82) is 0 Å². The molecule has 16 heavy (non-hydrogen) atoms. The van der Waals surface area contributed by atoms with Gasteiger partial charge in [-0.25, -0.2) is 4.79 Å². The number of rotatable bonds is 7. The minimum absolute atomic E-state index is 0.201. The smallest absolute Gasteiger partial charge is 0.329 e. The lowest BCUT2D eigenvalue weighted by Gasteiger charge is -2.24. The number of ether oxygens (including phenoxy) is 1. The first-order valence-corrected chi connectivity index (χ1v) is 4.72. The van der Waals surface area contributed by atoms with E-state index in [9.17, 15) is 14.4 Å². The first kappa shape index (κ1) is 14.4. The predicted octanol–water partition coefficient (Wildman–Crippen LogP) is -1.19. The second-order valence-electron chi connectivity index (χ2n) is 3.47. The van der Waals surface area contributed by atoms with Gasteiger partial charge in [0.15, 0.2) is 0 Å². The van der Waals surface area contributed by atoms with E-state index in [0.29, 0.717) is 0 Å². The van der Waals surface area contributed by atoms with Gasteiger partial charge in [0.25, 0.3) is 0 Å². The monoisotopic (exact) mass is 232 g/mol. The molecule has 0 bridgehead atoms. The molecule has 0 saturated heterocycles. The second-order valence-corrected chi connectivity index (χ2v) is 3.47. The lowest BCUT2D eigenvalue weighted by molar-refractivity contribution is -0.147. The number of hydrogen-bond donors (Lipinski definition) is 2. The molecular weight excluding hydrogens is 216 g/mol. The minimum Gasteiger partial charge on any atom is -0.480 e. The van der Waals surface area contributed by atoms with E-state index in [1.165, 1.54) is 4.90 Å². The van der Waals surface area contributed by atoms with Crippen molar-refractivity contribution in [2.45, 2.75) is 19.9 Å². The molecule has 0 rings (SSSR count). The van der Waals surface area contributed by atoms with Gasteiger partial charge in [-0.15, -0.1) is 0 Å². The molecule has 0 aromatic heterocycles. The minimum atomic E-state index is -1.15. The largest absolute Gasteiger partial charge is 0.480 e. The molecule has 0 aromatic rings. The molecular formula is C9H16N2O5. The van der Waals surface area contributed by atoms with Crippen LogP contribution in [0.4, 0.5) is 0 Å². The van der Waals surface area contributed by atoms with Gasteiger partial charge in [-0.2, -0.15) is 0 Å². The van der Waals surface area contributed by atoms with Crippen LogP contribution in [0.1, 0.15) is 13.8 Å². The van der Waals surface area contributed by atoms with E-state index in [1.54, 1.807) is 13.8 Å². The Hall–Kier alpha value is -1.63. The third-order valence-corrected chi connectivity index (χ3v) is 1.72. The fourth-order valence-corrected chi connectivity index (χ4v) is 1.04. The maximum absolute atomic E-state index is 11.5.